The van der Waals surface area contributed by atoms with Crippen LogP contribution in [-0.4, -0.2) is 54.9 Å². The lowest BCUT2D eigenvalue weighted by Crippen LogP contribution is -2.43. The van der Waals surface area contributed by atoms with Crippen molar-refractivity contribution in [1.82, 2.24) is 4.90 Å². The van der Waals surface area contributed by atoms with Crippen LogP contribution in [0.15, 0.2) is 0 Å². The van der Waals surface area contributed by atoms with Crippen LogP contribution < -0.4 is 5.73 Å². The average Bonchev–Trinajstić information content (AvgIpc) is 2.41. The summed E-state index contributed by atoms with van der Waals surface area (Å²) >= 11 is 0. The fourth-order valence-corrected chi connectivity index (χ4v) is 1.70. The summed E-state index contributed by atoms with van der Waals surface area (Å²) in [7, 11) is 0. The number of hydrogen-bond donors (Lipinski definition) is 2. The van der Waals surface area contributed by atoms with Crippen molar-refractivity contribution in [3.63, 3.8) is 0 Å². The molecule has 1 unspecified atom stereocenters. The molecule has 1 rings (SSSR count). The van der Waals surface area contributed by atoms with E-state index in [0.29, 0.717) is 26.1 Å². The Bertz CT molecular complexity index is 179. The van der Waals surface area contributed by atoms with Crippen molar-refractivity contribution in [3.05, 3.63) is 0 Å². The average molecular weight is 202 g/mol. The number of carboxylic acids is 1. The Morgan fingerprint density at radius 3 is 2.93 bits per heavy atom. The summed E-state index contributed by atoms with van der Waals surface area (Å²) < 4.78 is 5.27. The van der Waals surface area contributed by atoms with E-state index in [0.717, 1.165) is 19.6 Å². The van der Waals surface area contributed by atoms with Gasteiger partial charge in [-0.25, -0.2) is 0 Å². The Hall–Kier alpha value is -0.650. The van der Waals surface area contributed by atoms with E-state index >= 15 is 0 Å². The van der Waals surface area contributed by atoms with Crippen LogP contribution in [0, 0.1) is 0 Å². The maximum absolute atomic E-state index is 11.0. The van der Waals surface area contributed by atoms with Crippen LogP contribution in [0.1, 0.15) is 12.8 Å². The highest BCUT2D eigenvalue weighted by Crippen LogP contribution is 2.08. The molecule has 0 aliphatic carbocycles. The molecule has 0 aromatic carbocycles. The van der Waals surface area contributed by atoms with Crippen molar-refractivity contribution in [2.45, 2.75) is 18.9 Å². The third-order valence-electron chi connectivity index (χ3n) is 2.42. The van der Waals surface area contributed by atoms with E-state index in [-0.39, 0.29) is 0 Å². The van der Waals surface area contributed by atoms with Crippen molar-refractivity contribution < 1.29 is 14.6 Å². The molecule has 14 heavy (non-hydrogen) atoms. The van der Waals surface area contributed by atoms with Gasteiger partial charge in [-0.3, -0.25) is 9.69 Å². The molecular weight excluding hydrogens is 184 g/mol. The Balaban J connectivity index is 2.51. The fraction of sp³-hybridized carbons (Fsp3) is 0.889. The van der Waals surface area contributed by atoms with Crippen molar-refractivity contribution in [2.75, 3.05) is 32.8 Å². The minimum Gasteiger partial charge on any atom is -0.480 e. The molecule has 1 atom stereocenters. The van der Waals surface area contributed by atoms with Gasteiger partial charge in [0.15, 0.2) is 0 Å². The lowest BCUT2D eigenvalue weighted by molar-refractivity contribution is -0.143. The summed E-state index contributed by atoms with van der Waals surface area (Å²) in [6.45, 7) is 3.24. The topological polar surface area (TPSA) is 75.8 Å². The molecule has 5 nitrogen and oxygen atoms in total. The zero-order valence-electron chi connectivity index (χ0n) is 8.32. The number of aliphatic carboxylic acids is 1. The molecule has 0 amide bonds. The van der Waals surface area contributed by atoms with E-state index in [4.69, 9.17) is 15.6 Å². The van der Waals surface area contributed by atoms with E-state index in [1.807, 2.05) is 4.90 Å². The largest absolute Gasteiger partial charge is 0.480 e. The van der Waals surface area contributed by atoms with Crippen molar-refractivity contribution in [1.29, 1.82) is 0 Å². The number of rotatable bonds is 4. The SMILES string of the molecule is NCCC(C(=O)O)N1CCCOCC1. The van der Waals surface area contributed by atoms with E-state index in [9.17, 15) is 4.79 Å². The predicted molar refractivity (Wildman–Crippen MR) is 52.1 cm³/mol. The molecule has 0 aromatic heterocycles. The smallest absolute Gasteiger partial charge is 0.320 e. The highest BCUT2D eigenvalue weighted by Gasteiger charge is 2.25. The number of carboxylic acid groups (broad SMARTS) is 1. The summed E-state index contributed by atoms with van der Waals surface area (Å²) in [4.78, 5) is 12.9. The van der Waals surface area contributed by atoms with Crippen molar-refractivity contribution in [3.8, 4) is 0 Å². The molecule has 0 aromatic rings. The summed E-state index contributed by atoms with van der Waals surface area (Å²) in [5.74, 6) is -0.780. The molecule has 1 aliphatic heterocycles. The van der Waals surface area contributed by atoms with Gasteiger partial charge in [-0.05, 0) is 19.4 Å². The molecule has 5 heteroatoms. The second kappa shape index (κ2) is 5.95. The first-order chi connectivity index (χ1) is 6.75. The van der Waals surface area contributed by atoms with Crippen LogP contribution in [0.25, 0.3) is 0 Å². The van der Waals surface area contributed by atoms with Gasteiger partial charge in [0.05, 0.1) is 6.61 Å². The quantitative estimate of drug-likeness (QED) is 0.643. The highest BCUT2D eigenvalue weighted by atomic mass is 16.5. The van der Waals surface area contributed by atoms with E-state index < -0.39 is 12.0 Å². The van der Waals surface area contributed by atoms with E-state index in [2.05, 4.69) is 0 Å². The van der Waals surface area contributed by atoms with Crippen LogP contribution in [0.2, 0.25) is 0 Å². The molecule has 1 heterocycles. The lowest BCUT2D eigenvalue weighted by atomic mass is 10.1. The minimum absolute atomic E-state index is 0.411. The van der Waals surface area contributed by atoms with E-state index in [1.165, 1.54) is 0 Å². The van der Waals surface area contributed by atoms with Crippen LogP contribution in [-0.2, 0) is 9.53 Å². The number of nitrogens with zero attached hydrogens (tertiary/aromatic N) is 1. The molecule has 0 spiro atoms. The lowest BCUT2D eigenvalue weighted by Gasteiger charge is -2.26. The van der Waals surface area contributed by atoms with E-state index in [1.54, 1.807) is 0 Å². The van der Waals surface area contributed by atoms with Crippen LogP contribution in [0.5, 0.6) is 0 Å². The number of hydrogen-bond acceptors (Lipinski definition) is 4. The first-order valence-electron chi connectivity index (χ1n) is 5.00. The van der Waals surface area contributed by atoms with Crippen LogP contribution in [0.4, 0.5) is 0 Å². The summed E-state index contributed by atoms with van der Waals surface area (Å²) in [6, 6.07) is -0.443. The third kappa shape index (κ3) is 3.25. The first kappa shape index (κ1) is 11.4. The van der Waals surface area contributed by atoms with Crippen molar-refractivity contribution >= 4 is 5.97 Å². The highest BCUT2D eigenvalue weighted by molar-refractivity contribution is 5.73. The van der Waals surface area contributed by atoms with Crippen molar-refractivity contribution in [2.24, 2.45) is 5.73 Å². The Labute approximate surface area is 83.8 Å². The van der Waals surface area contributed by atoms with Gasteiger partial charge in [0.25, 0.3) is 0 Å². The zero-order valence-corrected chi connectivity index (χ0v) is 8.32. The Morgan fingerprint density at radius 2 is 2.29 bits per heavy atom. The normalized spacial score (nSPS) is 21.5. The van der Waals surface area contributed by atoms with Gasteiger partial charge >= 0.3 is 5.97 Å². The molecule has 3 N–H and O–H groups in total. The fourth-order valence-electron chi connectivity index (χ4n) is 1.70. The van der Waals surface area contributed by atoms with Crippen LogP contribution in [0.3, 0.4) is 0 Å². The summed E-state index contributed by atoms with van der Waals surface area (Å²) in [5.41, 5.74) is 5.39. The molecule has 82 valence electrons. The van der Waals surface area contributed by atoms with Gasteiger partial charge in [0.1, 0.15) is 6.04 Å². The van der Waals surface area contributed by atoms with Gasteiger partial charge in [0.2, 0.25) is 0 Å². The second-order valence-electron chi connectivity index (χ2n) is 3.43. The zero-order chi connectivity index (χ0) is 10.4. The second-order valence-corrected chi connectivity index (χ2v) is 3.43. The maximum atomic E-state index is 11.0. The third-order valence-corrected chi connectivity index (χ3v) is 2.42. The van der Waals surface area contributed by atoms with Gasteiger partial charge < -0.3 is 15.6 Å². The molecular formula is C9H18N2O3. The van der Waals surface area contributed by atoms with Gasteiger partial charge in [-0.1, -0.05) is 0 Å². The number of carbonyl (C=O) groups is 1. The molecule has 0 saturated carbocycles. The first-order valence-corrected chi connectivity index (χ1v) is 5.00. The van der Waals surface area contributed by atoms with Gasteiger partial charge in [-0.2, -0.15) is 0 Å². The summed E-state index contributed by atoms with van der Waals surface area (Å²) in [6.07, 6.45) is 1.41. The summed E-state index contributed by atoms with van der Waals surface area (Å²) in [5, 5.41) is 9.01. The monoisotopic (exact) mass is 202 g/mol. The molecule has 0 radical (unpaired) electrons. The molecule has 1 fully saturated rings. The number of nitrogens with two attached hydrogens (primary N) is 1. The van der Waals surface area contributed by atoms with Crippen LogP contribution >= 0.6 is 0 Å². The Morgan fingerprint density at radius 1 is 1.50 bits per heavy atom. The predicted octanol–water partition coefficient (Wildman–Crippen LogP) is -0.489. The minimum atomic E-state index is -0.780. The molecule has 1 saturated heterocycles. The number of ether oxygens (including phenoxy) is 1. The Kier molecular flexibility index (Phi) is 4.86. The molecule has 1 aliphatic rings. The maximum Gasteiger partial charge on any atom is 0.320 e. The molecule has 0 bridgehead atoms. The van der Waals surface area contributed by atoms with Gasteiger partial charge in [-0.15, -0.1) is 0 Å². The standard InChI is InChI=1S/C9H18N2O3/c10-3-2-8(9(12)13)11-4-1-6-14-7-5-11/h8H,1-7,10H2,(H,12,13). The van der Waals surface area contributed by atoms with Gasteiger partial charge in [0, 0.05) is 19.7 Å².